The van der Waals surface area contributed by atoms with E-state index in [1.807, 2.05) is 0 Å². The second-order valence-corrected chi connectivity index (χ2v) is 5.82. The Morgan fingerprint density at radius 1 is 1.07 bits per heavy atom. The number of nitro groups is 1. The molecular formula is C18H10ClF3N2O3. The summed E-state index contributed by atoms with van der Waals surface area (Å²) in [4.78, 5) is 14.3. The quantitative estimate of drug-likeness (QED) is 0.303. The summed E-state index contributed by atoms with van der Waals surface area (Å²) in [6.45, 7) is 0. The Balaban J connectivity index is 1.99. The van der Waals surface area contributed by atoms with Crippen LogP contribution in [0.25, 0.3) is 11.1 Å². The van der Waals surface area contributed by atoms with Crippen LogP contribution in [0.1, 0.15) is 5.56 Å². The molecule has 0 unspecified atom stereocenters. The Labute approximate surface area is 156 Å². The summed E-state index contributed by atoms with van der Waals surface area (Å²) in [6, 6.07) is 11.3. The molecule has 0 fully saturated rings. The lowest BCUT2D eigenvalue weighted by atomic mass is 10.0. The molecule has 0 bridgehead atoms. The summed E-state index contributed by atoms with van der Waals surface area (Å²) < 4.78 is 43.9. The Kier molecular flexibility index (Phi) is 5.00. The summed E-state index contributed by atoms with van der Waals surface area (Å²) >= 11 is 5.89. The molecule has 3 aromatic rings. The van der Waals surface area contributed by atoms with Crippen molar-refractivity contribution in [1.82, 2.24) is 4.98 Å². The van der Waals surface area contributed by atoms with Crippen molar-refractivity contribution in [2.75, 3.05) is 0 Å². The van der Waals surface area contributed by atoms with E-state index < -0.39 is 16.7 Å². The van der Waals surface area contributed by atoms with E-state index in [4.69, 9.17) is 16.3 Å². The molecule has 0 amide bonds. The molecule has 0 saturated heterocycles. The van der Waals surface area contributed by atoms with E-state index in [-0.39, 0.29) is 22.3 Å². The van der Waals surface area contributed by atoms with E-state index >= 15 is 0 Å². The maximum Gasteiger partial charge on any atom is 0.416 e. The van der Waals surface area contributed by atoms with Crippen molar-refractivity contribution in [3.63, 3.8) is 0 Å². The number of halogens is 4. The Morgan fingerprint density at radius 3 is 2.41 bits per heavy atom. The minimum atomic E-state index is -4.45. The number of hydrogen-bond acceptors (Lipinski definition) is 4. The fourth-order valence-corrected chi connectivity index (χ4v) is 2.49. The zero-order chi connectivity index (χ0) is 19.6. The van der Waals surface area contributed by atoms with Gasteiger partial charge >= 0.3 is 6.18 Å². The second kappa shape index (κ2) is 7.24. The second-order valence-electron chi connectivity index (χ2n) is 5.43. The predicted molar refractivity (Wildman–Crippen MR) is 92.9 cm³/mol. The van der Waals surface area contributed by atoms with Crippen molar-refractivity contribution in [2.45, 2.75) is 6.18 Å². The molecule has 0 aliphatic carbocycles. The Bertz CT molecular complexity index is 992. The van der Waals surface area contributed by atoms with Gasteiger partial charge in [0.15, 0.2) is 0 Å². The SMILES string of the molecule is O=[N+]([O-])c1cccc(Oc2cc(Cl)ncc2-c2ccc(C(F)(F)F)cc2)c1. The van der Waals surface area contributed by atoms with Gasteiger partial charge in [-0.25, -0.2) is 4.98 Å². The minimum Gasteiger partial charge on any atom is -0.456 e. The number of nitrogens with zero attached hydrogens (tertiary/aromatic N) is 2. The first-order valence-electron chi connectivity index (χ1n) is 7.49. The maximum absolute atomic E-state index is 12.7. The largest absolute Gasteiger partial charge is 0.456 e. The molecule has 0 saturated carbocycles. The average Bonchev–Trinajstić information content (AvgIpc) is 2.61. The van der Waals surface area contributed by atoms with Crippen LogP contribution in [0.2, 0.25) is 5.15 Å². The number of non-ortho nitro benzene ring substituents is 1. The van der Waals surface area contributed by atoms with Gasteiger partial charge in [-0.3, -0.25) is 10.1 Å². The lowest BCUT2D eigenvalue weighted by molar-refractivity contribution is -0.384. The van der Waals surface area contributed by atoms with Crippen LogP contribution in [0.4, 0.5) is 18.9 Å². The van der Waals surface area contributed by atoms with Crippen LogP contribution in [-0.4, -0.2) is 9.91 Å². The van der Waals surface area contributed by atoms with Crippen LogP contribution in [0, 0.1) is 10.1 Å². The number of pyridine rings is 1. The molecule has 0 N–H and O–H groups in total. The fraction of sp³-hybridized carbons (Fsp3) is 0.0556. The van der Waals surface area contributed by atoms with Gasteiger partial charge < -0.3 is 4.74 Å². The highest BCUT2D eigenvalue weighted by Crippen LogP contribution is 2.37. The van der Waals surface area contributed by atoms with Crippen molar-refractivity contribution >= 4 is 17.3 Å². The number of rotatable bonds is 4. The van der Waals surface area contributed by atoms with Crippen LogP contribution in [0.15, 0.2) is 60.8 Å². The number of benzene rings is 2. The maximum atomic E-state index is 12.7. The van der Waals surface area contributed by atoms with Crippen LogP contribution in [0.5, 0.6) is 11.5 Å². The predicted octanol–water partition coefficient (Wildman–Crippen LogP) is 6.12. The van der Waals surface area contributed by atoms with E-state index in [2.05, 4.69) is 4.98 Å². The van der Waals surface area contributed by atoms with Crippen molar-refractivity contribution in [1.29, 1.82) is 0 Å². The zero-order valence-electron chi connectivity index (χ0n) is 13.4. The molecular weight excluding hydrogens is 385 g/mol. The third-order valence-electron chi connectivity index (χ3n) is 3.61. The van der Waals surface area contributed by atoms with Gasteiger partial charge in [-0.15, -0.1) is 0 Å². The highest BCUT2D eigenvalue weighted by atomic mass is 35.5. The first kappa shape index (κ1) is 18.7. The van der Waals surface area contributed by atoms with E-state index in [9.17, 15) is 23.3 Å². The molecule has 5 nitrogen and oxygen atoms in total. The van der Waals surface area contributed by atoms with Crippen molar-refractivity contribution in [2.24, 2.45) is 0 Å². The van der Waals surface area contributed by atoms with Gasteiger partial charge in [-0.1, -0.05) is 29.8 Å². The summed E-state index contributed by atoms with van der Waals surface area (Å²) in [6.07, 6.45) is -3.09. The smallest absolute Gasteiger partial charge is 0.416 e. The number of alkyl halides is 3. The molecule has 0 aliphatic rings. The molecule has 0 aliphatic heterocycles. The first-order chi connectivity index (χ1) is 12.7. The monoisotopic (exact) mass is 394 g/mol. The van der Waals surface area contributed by atoms with Crippen LogP contribution < -0.4 is 4.74 Å². The highest BCUT2D eigenvalue weighted by Gasteiger charge is 2.30. The van der Waals surface area contributed by atoms with Crippen LogP contribution in [-0.2, 0) is 6.18 Å². The van der Waals surface area contributed by atoms with Gasteiger partial charge in [-0.2, -0.15) is 13.2 Å². The molecule has 0 radical (unpaired) electrons. The molecule has 1 heterocycles. The molecule has 27 heavy (non-hydrogen) atoms. The van der Waals surface area contributed by atoms with E-state index in [0.29, 0.717) is 11.1 Å². The Morgan fingerprint density at radius 2 is 1.78 bits per heavy atom. The molecule has 9 heteroatoms. The third-order valence-corrected chi connectivity index (χ3v) is 3.82. The third kappa shape index (κ3) is 4.35. The van der Waals surface area contributed by atoms with Crippen LogP contribution >= 0.6 is 11.6 Å². The van der Waals surface area contributed by atoms with Gasteiger partial charge in [0.2, 0.25) is 0 Å². The number of ether oxygens (including phenoxy) is 1. The lowest BCUT2D eigenvalue weighted by Crippen LogP contribution is -2.04. The van der Waals surface area contributed by atoms with E-state index in [1.165, 1.54) is 48.7 Å². The first-order valence-corrected chi connectivity index (χ1v) is 7.87. The van der Waals surface area contributed by atoms with E-state index in [1.54, 1.807) is 0 Å². The molecule has 138 valence electrons. The molecule has 0 spiro atoms. The number of nitro benzene ring substituents is 1. The topological polar surface area (TPSA) is 65.3 Å². The summed E-state index contributed by atoms with van der Waals surface area (Å²) in [7, 11) is 0. The molecule has 2 aromatic carbocycles. The number of aromatic nitrogens is 1. The van der Waals surface area contributed by atoms with Crippen LogP contribution in [0.3, 0.4) is 0 Å². The average molecular weight is 395 g/mol. The fourth-order valence-electron chi connectivity index (χ4n) is 2.34. The van der Waals surface area contributed by atoms with Gasteiger partial charge in [0.25, 0.3) is 5.69 Å². The lowest BCUT2D eigenvalue weighted by Gasteiger charge is -2.12. The zero-order valence-corrected chi connectivity index (χ0v) is 14.2. The summed E-state index contributed by atoms with van der Waals surface area (Å²) in [5.74, 6) is 0.384. The van der Waals surface area contributed by atoms with Gasteiger partial charge in [0, 0.05) is 23.9 Å². The normalized spacial score (nSPS) is 11.3. The standard InChI is InChI=1S/C18H10ClF3N2O3/c19-17-9-16(27-14-3-1-2-13(8-14)24(25)26)15(10-23-17)11-4-6-12(7-5-11)18(20,21)22/h1-10H. The van der Waals surface area contributed by atoms with Crippen molar-refractivity contribution < 1.29 is 22.8 Å². The van der Waals surface area contributed by atoms with Gasteiger partial charge in [0.1, 0.15) is 16.7 Å². The summed E-state index contributed by atoms with van der Waals surface area (Å²) in [5.41, 5.74) is -0.134. The highest BCUT2D eigenvalue weighted by molar-refractivity contribution is 6.29. The molecule has 0 atom stereocenters. The molecule has 1 aromatic heterocycles. The van der Waals surface area contributed by atoms with Crippen molar-refractivity contribution in [3.05, 3.63) is 81.6 Å². The van der Waals surface area contributed by atoms with E-state index in [0.717, 1.165) is 12.1 Å². The Hall–Kier alpha value is -3.13. The summed E-state index contributed by atoms with van der Waals surface area (Å²) in [5, 5.41) is 11.0. The minimum absolute atomic E-state index is 0.103. The van der Waals surface area contributed by atoms with Crippen molar-refractivity contribution in [3.8, 4) is 22.6 Å². The molecule has 3 rings (SSSR count). The number of hydrogen-bond donors (Lipinski definition) is 0. The van der Waals surface area contributed by atoms with Gasteiger partial charge in [0.05, 0.1) is 16.6 Å². The van der Waals surface area contributed by atoms with Gasteiger partial charge in [-0.05, 0) is 23.8 Å².